The van der Waals surface area contributed by atoms with Gasteiger partial charge in [0.25, 0.3) is 0 Å². The highest BCUT2D eigenvalue weighted by Gasteiger charge is 2.26. The monoisotopic (exact) mass is 390 g/mol. The summed E-state index contributed by atoms with van der Waals surface area (Å²) in [6.07, 6.45) is 0. The van der Waals surface area contributed by atoms with E-state index >= 15 is 0 Å². The average Bonchev–Trinajstić information content (AvgIpc) is 2.73. The van der Waals surface area contributed by atoms with Crippen LogP contribution in [0.3, 0.4) is 0 Å². The Balaban J connectivity index is 1.69. The molecular formula is C19H22N2O5S. The zero-order chi connectivity index (χ0) is 19.3. The van der Waals surface area contributed by atoms with E-state index < -0.39 is 10.0 Å². The third-order valence-electron chi connectivity index (χ3n) is 4.31. The van der Waals surface area contributed by atoms with Gasteiger partial charge < -0.3 is 14.8 Å². The largest absolute Gasteiger partial charge is 0.497 e. The molecular weight excluding hydrogens is 368 g/mol. The predicted octanol–water partition coefficient (Wildman–Crippen LogP) is 2.01. The molecule has 1 heterocycles. The van der Waals surface area contributed by atoms with E-state index in [2.05, 4.69) is 5.32 Å². The van der Waals surface area contributed by atoms with Gasteiger partial charge in [-0.2, -0.15) is 4.31 Å². The molecule has 1 fully saturated rings. The highest BCUT2D eigenvalue weighted by atomic mass is 32.2. The van der Waals surface area contributed by atoms with E-state index in [1.807, 2.05) is 12.1 Å². The highest BCUT2D eigenvalue weighted by molar-refractivity contribution is 7.89. The number of rotatable bonds is 7. The van der Waals surface area contributed by atoms with Crippen LogP contribution in [-0.4, -0.2) is 58.5 Å². The number of ketones is 1. The Bertz CT molecular complexity index is 891. The second-order valence-electron chi connectivity index (χ2n) is 6.05. The number of benzene rings is 2. The molecule has 1 aliphatic rings. The molecule has 1 N–H and O–H groups in total. The van der Waals surface area contributed by atoms with Crippen molar-refractivity contribution < 1.29 is 22.7 Å². The Morgan fingerprint density at radius 3 is 2.52 bits per heavy atom. The molecule has 27 heavy (non-hydrogen) atoms. The first-order valence-corrected chi connectivity index (χ1v) is 10.0. The van der Waals surface area contributed by atoms with E-state index in [1.165, 1.54) is 16.4 Å². The summed E-state index contributed by atoms with van der Waals surface area (Å²) in [7, 11) is -2.04. The van der Waals surface area contributed by atoms with Gasteiger partial charge in [-0.25, -0.2) is 8.42 Å². The van der Waals surface area contributed by atoms with Crippen molar-refractivity contribution in [2.45, 2.75) is 4.90 Å². The number of anilines is 1. The SMILES string of the molecule is COc1ccc(NCC(=O)c2cccc(S(=O)(=O)N3CCOCC3)c2)cc1. The van der Waals surface area contributed by atoms with Gasteiger partial charge in [0.15, 0.2) is 5.78 Å². The van der Waals surface area contributed by atoms with Crippen molar-refractivity contribution in [3.8, 4) is 5.75 Å². The summed E-state index contributed by atoms with van der Waals surface area (Å²) in [5.41, 5.74) is 1.13. The number of carbonyl (C=O) groups is 1. The lowest BCUT2D eigenvalue weighted by Crippen LogP contribution is -2.40. The molecule has 144 valence electrons. The Kier molecular flexibility index (Phi) is 6.10. The predicted molar refractivity (Wildman–Crippen MR) is 102 cm³/mol. The van der Waals surface area contributed by atoms with Crippen molar-refractivity contribution in [2.24, 2.45) is 0 Å². The van der Waals surface area contributed by atoms with Crippen LogP contribution in [0.1, 0.15) is 10.4 Å². The summed E-state index contributed by atoms with van der Waals surface area (Å²) < 4.78 is 37.2. The maximum Gasteiger partial charge on any atom is 0.243 e. The molecule has 3 rings (SSSR count). The highest BCUT2D eigenvalue weighted by Crippen LogP contribution is 2.19. The fraction of sp³-hybridized carbons (Fsp3) is 0.316. The summed E-state index contributed by atoms with van der Waals surface area (Å²) in [5, 5.41) is 3.03. The molecule has 1 saturated heterocycles. The van der Waals surface area contributed by atoms with Gasteiger partial charge in [-0.15, -0.1) is 0 Å². The van der Waals surface area contributed by atoms with Crippen LogP contribution in [0.25, 0.3) is 0 Å². The molecule has 2 aromatic rings. The summed E-state index contributed by atoms with van der Waals surface area (Å²) in [5.74, 6) is 0.540. The molecule has 2 aromatic carbocycles. The first-order valence-electron chi connectivity index (χ1n) is 8.60. The van der Waals surface area contributed by atoms with Crippen LogP contribution in [-0.2, 0) is 14.8 Å². The summed E-state index contributed by atoms with van der Waals surface area (Å²) in [6, 6.07) is 13.4. The van der Waals surface area contributed by atoms with Crippen molar-refractivity contribution in [3.05, 3.63) is 54.1 Å². The van der Waals surface area contributed by atoms with Gasteiger partial charge in [-0.3, -0.25) is 4.79 Å². The lowest BCUT2D eigenvalue weighted by molar-refractivity contribution is 0.0730. The topological polar surface area (TPSA) is 84.9 Å². The van der Waals surface area contributed by atoms with E-state index in [9.17, 15) is 13.2 Å². The van der Waals surface area contributed by atoms with Gasteiger partial charge in [0.1, 0.15) is 5.75 Å². The van der Waals surface area contributed by atoms with Crippen LogP contribution in [0.2, 0.25) is 0 Å². The molecule has 0 amide bonds. The Labute approximate surface area is 158 Å². The number of Topliss-reactive ketones (excluding diaryl/α,β-unsaturated/α-hetero) is 1. The Hall–Kier alpha value is -2.42. The van der Waals surface area contributed by atoms with Gasteiger partial charge in [0, 0.05) is 24.3 Å². The van der Waals surface area contributed by atoms with Gasteiger partial charge >= 0.3 is 0 Å². The van der Waals surface area contributed by atoms with Crippen LogP contribution >= 0.6 is 0 Å². The minimum Gasteiger partial charge on any atom is -0.497 e. The fourth-order valence-electron chi connectivity index (χ4n) is 2.76. The third kappa shape index (κ3) is 4.65. The number of nitrogens with zero attached hydrogens (tertiary/aromatic N) is 1. The first kappa shape index (κ1) is 19.3. The number of methoxy groups -OCH3 is 1. The van der Waals surface area contributed by atoms with E-state index in [0.717, 1.165) is 11.4 Å². The number of hydrogen-bond acceptors (Lipinski definition) is 6. The number of nitrogens with one attached hydrogen (secondary N) is 1. The van der Waals surface area contributed by atoms with E-state index in [-0.39, 0.29) is 17.2 Å². The van der Waals surface area contributed by atoms with Gasteiger partial charge in [-0.1, -0.05) is 12.1 Å². The summed E-state index contributed by atoms with van der Waals surface area (Å²) in [4.78, 5) is 12.6. The molecule has 0 radical (unpaired) electrons. The number of morpholine rings is 1. The molecule has 7 nitrogen and oxygen atoms in total. The zero-order valence-corrected chi connectivity index (χ0v) is 15.9. The maximum absolute atomic E-state index is 12.7. The van der Waals surface area contributed by atoms with E-state index in [1.54, 1.807) is 31.4 Å². The molecule has 0 spiro atoms. The smallest absolute Gasteiger partial charge is 0.243 e. The zero-order valence-electron chi connectivity index (χ0n) is 15.1. The third-order valence-corrected chi connectivity index (χ3v) is 6.20. The van der Waals surface area contributed by atoms with Crippen LogP contribution in [0.5, 0.6) is 5.75 Å². The van der Waals surface area contributed by atoms with Crippen molar-refractivity contribution in [1.82, 2.24) is 4.31 Å². The number of ether oxygens (including phenoxy) is 2. The van der Waals surface area contributed by atoms with Gasteiger partial charge in [0.2, 0.25) is 10.0 Å². The number of carbonyl (C=O) groups excluding carboxylic acids is 1. The lowest BCUT2D eigenvalue weighted by atomic mass is 10.1. The van der Waals surface area contributed by atoms with Crippen molar-refractivity contribution in [3.63, 3.8) is 0 Å². The van der Waals surface area contributed by atoms with Crippen molar-refractivity contribution >= 4 is 21.5 Å². The van der Waals surface area contributed by atoms with Crippen LogP contribution in [0.4, 0.5) is 5.69 Å². The summed E-state index contributed by atoms with van der Waals surface area (Å²) in [6.45, 7) is 1.46. The molecule has 0 atom stereocenters. The quantitative estimate of drug-likeness (QED) is 0.728. The van der Waals surface area contributed by atoms with Crippen LogP contribution < -0.4 is 10.1 Å². The molecule has 0 saturated carbocycles. The number of sulfonamides is 1. The molecule has 0 aliphatic carbocycles. The number of hydrogen-bond donors (Lipinski definition) is 1. The Morgan fingerprint density at radius 1 is 1.15 bits per heavy atom. The standard InChI is InChI=1S/C19H22N2O5S/c1-25-17-7-5-16(6-8-17)20-14-19(22)15-3-2-4-18(13-15)27(23,24)21-9-11-26-12-10-21/h2-8,13,20H,9-12,14H2,1H3. The fourth-order valence-corrected chi connectivity index (χ4v) is 4.21. The second kappa shape index (κ2) is 8.51. The maximum atomic E-state index is 12.7. The van der Waals surface area contributed by atoms with E-state index in [4.69, 9.17) is 9.47 Å². The average molecular weight is 390 g/mol. The Morgan fingerprint density at radius 2 is 1.85 bits per heavy atom. The van der Waals surface area contributed by atoms with Crippen LogP contribution in [0, 0.1) is 0 Å². The minimum absolute atomic E-state index is 0.0629. The van der Waals surface area contributed by atoms with E-state index in [0.29, 0.717) is 31.9 Å². The molecule has 8 heteroatoms. The molecule has 0 aromatic heterocycles. The first-order chi connectivity index (χ1) is 13.0. The molecule has 1 aliphatic heterocycles. The normalized spacial score (nSPS) is 15.3. The van der Waals surface area contributed by atoms with Gasteiger partial charge in [0.05, 0.1) is 31.8 Å². The molecule has 0 unspecified atom stereocenters. The van der Waals surface area contributed by atoms with Crippen molar-refractivity contribution in [1.29, 1.82) is 0 Å². The lowest BCUT2D eigenvalue weighted by Gasteiger charge is -2.26. The molecule has 0 bridgehead atoms. The van der Waals surface area contributed by atoms with Gasteiger partial charge in [-0.05, 0) is 36.4 Å². The summed E-state index contributed by atoms with van der Waals surface area (Å²) >= 11 is 0. The van der Waals surface area contributed by atoms with Crippen LogP contribution in [0.15, 0.2) is 53.4 Å². The van der Waals surface area contributed by atoms with Crippen molar-refractivity contribution in [2.75, 3.05) is 45.3 Å². The second-order valence-corrected chi connectivity index (χ2v) is 7.99. The minimum atomic E-state index is -3.63.